The Bertz CT molecular complexity index is 566. The first-order valence-electron chi connectivity index (χ1n) is 5.40. The van der Waals surface area contributed by atoms with Crippen molar-refractivity contribution >= 4 is 15.9 Å². The molecule has 88 valence electrons. The van der Waals surface area contributed by atoms with E-state index in [0.717, 1.165) is 33.6 Å². The fraction of sp³-hybridized carbons (Fsp3) is 0.250. The van der Waals surface area contributed by atoms with Gasteiger partial charge in [0.05, 0.1) is 6.20 Å². The first-order chi connectivity index (χ1) is 8.28. The molecule has 1 aliphatic rings. The molecule has 1 aromatic heterocycles. The fourth-order valence-electron chi connectivity index (χ4n) is 1.81. The zero-order valence-electron chi connectivity index (χ0n) is 9.31. The first-order valence-corrected chi connectivity index (χ1v) is 6.19. The minimum atomic E-state index is 0.291. The molecule has 2 aromatic rings. The Morgan fingerprint density at radius 1 is 1.35 bits per heavy atom. The molecular weight excluding hydrogens is 284 g/mol. The van der Waals surface area contributed by atoms with Gasteiger partial charge in [-0.1, -0.05) is 15.9 Å². The van der Waals surface area contributed by atoms with Gasteiger partial charge in [-0.25, -0.2) is 0 Å². The second-order valence-corrected chi connectivity index (χ2v) is 4.62. The highest BCUT2D eigenvalue weighted by molar-refractivity contribution is 9.10. The molecule has 0 amide bonds. The van der Waals surface area contributed by atoms with Crippen LogP contribution < -0.4 is 9.47 Å². The minimum absolute atomic E-state index is 0.291. The van der Waals surface area contributed by atoms with Gasteiger partial charge >= 0.3 is 0 Å². The molecule has 17 heavy (non-hydrogen) atoms. The van der Waals surface area contributed by atoms with Crippen molar-refractivity contribution in [3.8, 4) is 22.6 Å². The normalized spacial score (nSPS) is 13.1. The third kappa shape index (κ3) is 1.80. The van der Waals surface area contributed by atoms with Gasteiger partial charge in [-0.3, -0.25) is 4.68 Å². The summed E-state index contributed by atoms with van der Waals surface area (Å²) in [4.78, 5) is 0. The quantitative estimate of drug-likeness (QED) is 0.854. The van der Waals surface area contributed by atoms with Crippen LogP contribution in [0.3, 0.4) is 0 Å². The number of hydrogen-bond acceptors (Lipinski definition) is 3. The average Bonchev–Trinajstić information content (AvgIpc) is 2.94. The summed E-state index contributed by atoms with van der Waals surface area (Å²) in [5.74, 6) is 1.57. The zero-order chi connectivity index (χ0) is 11.8. The first kappa shape index (κ1) is 10.7. The average molecular weight is 295 g/mol. The van der Waals surface area contributed by atoms with E-state index in [4.69, 9.17) is 9.47 Å². The van der Waals surface area contributed by atoms with E-state index in [-0.39, 0.29) is 0 Å². The molecule has 2 heterocycles. The molecule has 0 atom stereocenters. The van der Waals surface area contributed by atoms with Crippen molar-refractivity contribution in [3.63, 3.8) is 0 Å². The van der Waals surface area contributed by atoms with Crippen molar-refractivity contribution in [1.82, 2.24) is 9.78 Å². The van der Waals surface area contributed by atoms with Crippen molar-refractivity contribution in [2.45, 2.75) is 13.5 Å². The molecule has 0 spiro atoms. The Morgan fingerprint density at radius 3 is 2.82 bits per heavy atom. The standard InChI is InChI=1S/C12H11BrN2O2/c1-2-15-6-8(5-14-15)9-3-11-12(4-10(9)13)17-7-16-11/h3-6H,2,7H2,1H3. The van der Waals surface area contributed by atoms with Crippen LogP contribution in [0.5, 0.6) is 11.5 Å². The summed E-state index contributed by atoms with van der Waals surface area (Å²) in [6.45, 7) is 3.22. The van der Waals surface area contributed by atoms with Crippen LogP contribution in [0.1, 0.15) is 6.92 Å². The Balaban J connectivity index is 2.08. The smallest absolute Gasteiger partial charge is 0.231 e. The molecule has 0 fully saturated rings. The van der Waals surface area contributed by atoms with Crippen molar-refractivity contribution in [2.75, 3.05) is 6.79 Å². The number of nitrogens with zero attached hydrogens (tertiary/aromatic N) is 2. The van der Waals surface area contributed by atoms with Crippen LogP contribution in [0, 0.1) is 0 Å². The Morgan fingerprint density at radius 2 is 2.12 bits per heavy atom. The maximum absolute atomic E-state index is 5.38. The number of aryl methyl sites for hydroxylation is 1. The van der Waals surface area contributed by atoms with Crippen LogP contribution in [0.2, 0.25) is 0 Å². The van der Waals surface area contributed by atoms with Crippen LogP contribution in [0.25, 0.3) is 11.1 Å². The van der Waals surface area contributed by atoms with Crippen LogP contribution in [0.4, 0.5) is 0 Å². The summed E-state index contributed by atoms with van der Waals surface area (Å²) in [6, 6.07) is 3.91. The lowest BCUT2D eigenvalue weighted by Crippen LogP contribution is -1.92. The van der Waals surface area contributed by atoms with E-state index in [9.17, 15) is 0 Å². The van der Waals surface area contributed by atoms with Crippen LogP contribution in [0.15, 0.2) is 29.0 Å². The predicted octanol–water partition coefficient (Wildman–Crippen LogP) is 3.06. The summed E-state index contributed by atoms with van der Waals surface area (Å²) in [6.07, 6.45) is 3.87. The molecule has 0 aliphatic carbocycles. The Labute approximate surface area is 107 Å². The van der Waals surface area contributed by atoms with Gasteiger partial charge in [0, 0.05) is 28.3 Å². The lowest BCUT2D eigenvalue weighted by atomic mass is 10.1. The van der Waals surface area contributed by atoms with Gasteiger partial charge in [0.25, 0.3) is 0 Å². The van der Waals surface area contributed by atoms with Gasteiger partial charge in [0.2, 0.25) is 6.79 Å². The van der Waals surface area contributed by atoms with Gasteiger partial charge in [-0.15, -0.1) is 0 Å². The molecule has 5 heteroatoms. The minimum Gasteiger partial charge on any atom is -0.454 e. The second-order valence-electron chi connectivity index (χ2n) is 3.77. The van der Waals surface area contributed by atoms with Crippen LogP contribution in [-0.4, -0.2) is 16.6 Å². The molecule has 4 nitrogen and oxygen atoms in total. The largest absolute Gasteiger partial charge is 0.454 e. The SMILES string of the molecule is CCn1cc(-c2cc3c(cc2Br)OCO3)cn1. The van der Waals surface area contributed by atoms with Gasteiger partial charge in [-0.05, 0) is 19.1 Å². The van der Waals surface area contributed by atoms with Crippen molar-refractivity contribution in [3.05, 3.63) is 29.0 Å². The van der Waals surface area contributed by atoms with Gasteiger partial charge < -0.3 is 9.47 Å². The second kappa shape index (κ2) is 4.07. The highest BCUT2D eigenvalue weighted by Gasteiger charge is 2.17. The summed E-state index contributed by atoms with van der Waals surface area (Å²) in [5.41, 5.74) is 2.13. The molecule has 0 N–H and O–H groups in total. The molecule has 1 aromatic carbocycles. The van der Waals surface area contributed by atoms with Gasteiger partial charge in [-0.2, -0.15) is 5.10 Å². The molecular formula is C12H11BrN2O2. The summed E-state index contributed by atoms with van der Waals surface area (Å²) >= 11 is 3.55. The van der Waals surface area contributed by atoms with E-state index >= 15 is 0 Å². The van der Waals surface area contributed by atoms with E-state index in [1.165, 1.54) is 0 Å². The summed E-state index contributed by atoms with van der Waals surface area (Å²) < 4.78 is 13.6. The predicted molar refractivity (Wildman–Crippen MR) is 67.2 cm³/mol. The number of ether oxygens (including phenoxy) is 2. The maximum atomic E-state index is 5.38. The van der Waals surface area contributed by atoms with Gasteiger partial charge in [0.1, 0.15) is 0 Å². The summed E-state index contributed by atoms with van der Waals surface area (Å²) in [5, 5.41) is 4.27. The van der Waals surface area contributed by atoms with E-state index in [0.29, 0.717) is 6.79 Å². The van der Waals surface area contributed by atoms with Crippen LogP contribution >= 0.6 is 15.9 Å². The van der Waals surface area contributed by atoms with Crippen LogP contribution in [-0.2, 0) is 6.54 Å². The molecule has 0 saturated carbocycles. The molecule has 0 unspecified atom stereocenters. The van der Waals surface area contributed by atoms with Crippen molar-refractivity contribution in [1.29, 1.82) is 0 Å². The number of rotatable bonds is 2. The maximum Gasteiger partial charge on any atom is 0.231 e. The van der Waals surface area contributed by atoms with E-state index < -0.39 is 0 Å². The topological polar surface area (TPSA) is 36.3 Å². The molecule has 0 saturated heterocycles. The Hall–Kier alpha value is -1.49. The zero-order valence-corrected chi connectivity index (χ0v) is 10.9. The number of fused-ring (bicyclic) bond motifs is 1. The number of benzene rings is 1. The lowest BCUT2D eigenvalue weighted by molar-refractivity contribution is 0.174. The monoisotopic (exact) mass is 294 g/mol. The van der Waals surface area contributed by atoms with E-state index in [1.807, 2.05) is 29.2 Å². The highest BCUT2D eigenvalue weighted by atomic mass is 79.9. The number of hydrogen-bond donors (Lipinski definition) is 0. The molecule has 1 aliphatic heterocycles. The third-order valence-electron chi connectivity index (χ3n) is 2.73. The highest BCUT2D eigenvalue weighted by Crippen LogP contribution is 2.40. The molecule has 3 rings (SSSR count). The number of aromatic nitrogens is 2. The fourth-order valence-corrected chi connectivity index (χ4v) is 2.37. The molecule has 0 radical (unpaired) electrons. The molecule has 0 bridgehead atoms. The van der Waals surface area contributed by atoms with Crippen molar-refractivity contribution in [2.24, 2.45) is 0 Å². The Kier molecular flexibility index (Phi) is 2.55. The number of halogens is 1. The summed E-state index contributed by atoms with van der Waals surface area (Å²) in [7, 11) is 0. The van der Waals surface area contributed by atoms with Gasteiger partial charge in [0.15, 0.2) is 11.5 Å². The van der Waals surface area contributed by atoms with E-state index in [1.54, 1.807) is 0 Å². The van der Waals surface area contributed by atoms with E-state index in [2.05, 4.69) is 28.0 Å². The lowest BCUT2D eigenvalue weighted by Gasteiger charge is -2.03. The third-order valence-corrected chi connectivity index (χ3v) is 3.39. The van der Waals surface area contributed by atoms with Crippen molar-refractivity contribution < 1.29 is 9.47 Å².